The Morgan fingerprint density at radius 2 is 1.89 bits per heavy atom. The number of anilines is 1. The van der Waals surface area contributed by atoms with Crippen molar-refractivity contribution in [3.05, 3.63) is 60.3 Å². The van der Waals surface area contributed by atoms with Crippen molar-refractivity contribution >= 4 is 22.6 Å². The van der Waals surface area contributed by atoms with Gasteiger partial charge in [0, 0.05) is 60.6 Å². The Labute approximate surface area is 158 Å². The summed E-state index contributed by atoms with van der Waals surface area (Å²) in [4.78, 5) is 19.6. The van der Waals surface area contributed by atoms with E-state index in [-0.39, 0.29) is 0 Å². The van der Waals surface area contributed by atoms with Crippen LogP contribution in [0.5, 0.6) is 5.75 Å². The number of aromatic amines is 1. The van der Waals surface area contributed by atoms with Gasteiger partial charge in [0.1, 0.15) is 11.8 Å². The molecule has 1 saturated heterocycles. The minimum atomic E-state index is -0.811. The molecule has 0 unspecified atom stereocenters. The van der Waals surface area contributed by atoms with E-state index in [9.17, 15) is 9.90 Å². The van der Waals surface area contributed by atoms with E-state index < -0.39 is 12.0 Å². The predicted molar refractivity (Wildman–Crippen MR) is 105 cm³/mol. The van der Waals surface area contributed by atoms with Crippen LogP contribution in [0.25, 0.3) is 10.9 Å². The first kappa shape index (κ1) is 17.4. The summed E-state index contributed by atoms with van der Waals surface area (Å²) in [6.07, 6.45) is 1.83. The van der Waals surface area contributed by atoms with Gasteiger partial charge in [-0.25, -0.2) is 0 Å². The lowest BCUT2D eigenvalue weighted by atomic mass is 10.0. The van der Waals surface area contributed by atoms with Crippen LogP contribution in [0.3, 0.4) is 0 Å². The molecule has 3 aromatic rings. The topological polar surface area (TPSA) is 68.8 Å². The second-order valence-electron chi connectivity index (χ2n) is 6.75. The van der Waals surface area contributed by atoms with Gasteiger partial charge < -0.3 is 19.7 Å². The Balaban J connectivity index is 1.53. The first-order chi connectivity index (χ1) is 13.2. The minimum Gasteiger partial charge on any atom is -0.497 e. The fourth-order valence-corrected chi connectivity index (χ4v) is 3.85. The number of fused-ring (bicyclic) bond motifs is 1. The average molecular weight is 365 g/mol. The number of ether oxygens (including phenoxy) is 1. The molecule has 0 saturated carbocycles. The SMILES string of the molecule is COc1cccc(N2CCN([C@@H](C(=O)O)c3c[nH]c4ccccc34)CC2)c1. The van der Waals surface area contributed by atoms with Gasteiger partial charge in [0.05, 0.1) is 7.11 Å². The molecule has 0 amide bonds. The summed E-state index contributed by atoms with van der Waals surface area (Å²) in [6.45, 7) is 2.93. The number of rotatable bonds is 5. The second kappa shape index (κ2) is 7.32. The van der Waals surface area contributed by atoms with Crippen LogP contribution in [0.15, 0.2) is 54.7 Å². The molecule has 1 atom stereocenters. The Bertz CT molecular complexity index is 945. The van der Waals surface area contributed by atoms with Crippen LogP contribution in [-0.4, -0.2) is 54.2 Å². The van der Waals surface area contributed by atoms with Crippen molar-refractivity contribution in [3.63, 3.8) is 0 Å². The van der Waals surface area contributed by atoms with Gasteiger partial charge in [-0.2, -0.15) is 0 Å². The Hall–Kier alpha value is -2.99. The van der Waals surface area contributed by atoms with Gasteiger partial charge in [-0.15, -0.1) is 0 Å². The highest BCUT2D eigenvalue weighted by Gasteiger charge is 2.32. The summed E-state index contributed by atoms with van der Waals surface area (Å²) in [5.41, 5.74) is 2.90. The average Bonchev–Trinajstić information content (AvgIpc) is 3.12. The second-order valence-corrected chi connectivity index (χ2v) is 6.75. The van der Waals surface area contributed by atoms with E-state index in [1.54, 1.807) is 7.11 Å². The standard InChI is InChI=1S/C21H23N3O3/c1-27-16-6-4-5-15(13-16)23-9-11-24(12-10-23)20(21(25)26)18-14-22-19-8-3-2-7-17(18)19/h2-8,13-14,20,22H,9-12H2,1H3,(H,25,26)/t20-/m1/s1. The van der Waals surface area contributed by atoms with Crippen LogP contribution in [0.2, 0.25) is 0 Å². The zero-order valence-corrected chi connectivity index (χ0v) is 15.3. The summed E-state index contributed by atoms with van der Waals surface area (Å²) in [6, 6.07) is 15.2. The number of methoxy groups -OCH3 is 1. The molecule has 1 aliphatic rings. The highest BCUT2D eigenvalue weighted by molar-refractivity contribution is 5.89. The normalized spacial score (nSPS) is 16.4. The minimum absolute atomic E-state index is 0.645. The zero-order valence-electron chi connectivity index (χ0n) is 15.3. The Morgan fingerprint density at radius 1 is 1.11 bits per heavy atom. The number of aliphatic carboxylic acids is 1. The number of carboxylic acid groups (broad SMARTS) is 1. The smallest absolute Gasteiger partial charge is 0.325 e. The molecule has 0 spiro atoms. The number of benzene rings is 2. The molecule has 1 aliphatic heterocycles. The zero-order chi connectivity index (χ0) is 18.8. The van der Waals surface area contributed by atoms with Crippen LogP contribution in [0, 0.1) is 0 Å². The number of hydrogen-bond donors (Lipinski definition) is 2. The third kappa shape index (κ3) is 3.36. The molecule has 0 aliphatic carbocycles. The van der Waals surface area contributed by atoms with Crippen molar-refractivity contribution in [3.8, 4) is 5.75 Å². The van der Waals surface area contributed by atoms with E-state index in [1.165, 1.54) is 0 Å². The fourth-order valence-electron chi connectivity index (χ4n) is 3.85. The molecule has 4 rings (SSSR count). The van der Waals surface area contributed by atoms with Crippen LogP contribution in [0.4, 0.5) is 5.69 Å². The Morgan fingerprint density at radius 3 is 2.63 bits per heavy atom. The maximum Gasteiger partial charge on any atom is 0.325 e. The van der Waals surface area contributed by atoms with Crippen molar-refractivity contribution < 1.29 is 14.6 Å². The van der Waals surface area contributed by atoms with Crippen molar-refractivity contribution in [1.82, 2.24) is 9.88 Å². The highest BCUT2D eigenvalue weighted by atomic mass is 16.5. The molecule has 0 bridgehead atoms. The summed E-state index contributed by atoms with van der Waals surface area (Å²) < 4.78 is 5.31. The van der Waals surface area contributed by atoms with Crippen LogP contribution in [-0.2, 0) is 4.79 Å². The van der Waals surface area contributed by atoms with Crippen LogP contribution >= 0.6 is 0 Å². The first-order valence-corrected chi connectivity index (χ1v) is 9.09. The van der Waals surface area contributed by atoms with Crippen LogP contribution < -0.4 is 9.64 Å². The lowest BCUT2D eigenvalue weighted by Crippen LogP contribution is -2.49. The molecule has 6 heteroatoms. The molecule has 2 aromatic carbocycles. The largest absolute Gasteiger partial charge is 0.497 e. The summed E-state index contributed by atoms with van der Waals surface area (Å²) in [5, 5.41) is 10.9. The number of piperazine rings is 1. The number of aromatic nitrogens is 1. The van der Waals surface area contributed by atoms with Gasteiger partial charge >= 0.3 is 5.97 Å². The number of carboxylic acids is 1. The molecule has 27 heavy (non-hydrogen) atoms. The monoisotopic (exact) mass is 365 g/mol. The van der Waals surface area contributed by atoms with Gasteiger partial charge in [0.15, 0.2) is 0 Å². The summed E-state index contributed by atoms with van der Waals surface area (Å²) >= 11 is 0. The molecule has 1 fully saturated rings. The van der Waals surface area contributed by atoms with Gasteiger partial charge in [0.25, 0.3) is 0 Å². The first-order valence-electron chi connectivity index (χ1n) is 9.09. The number of hydrogen-bond acceptors (Lipinski definition) is 4. The fraction of sp³-hybridized carbons (Fsp3) is 0.286. The predicted octanol–water partition coefficient (Wildman–Crippen LogP) is 3.12. The Kier molecular flexibility index (Phi) is 4.73. The molecular formula is C21H23N3O3. The van der Waals surface area contributed by atoms with Gasteiger partial charge in [-0.05, 0) is 18.2 Å². The van der Waals surface area contributed by atoms with E-state index in [0.29, 0.717) is 13.1 Å². The van der Waals surface area contributed by atoms with Gasteiger partial charge in [-0.3, -0.25) is 9.69 Å². The molecule has 1 aromatic heterocycles. The van der Waals surface area contributed by atoms with E-state index in [0.717, 1.165) is 41.0 Å². The summed E-state index contributed by atoms with van der Waals surface area (Å²) in [5.74, 6) is 0.0201. The third-order valence-electron chi connectivity index (χ3n) is 5.25. The quantitative estimate of drug-likeness (QED) is 0.727. The summed E-state index contributed by atoms with van der Waals surface area (Å²) in [7, 11) is 1.66. The molecular weight excluding hydrogens is 342 g/mol. The highest BCUT2D eigenvalue weighted by Crippen LogP contribution is 2.30. The number of nitrogens with zero attached hydrogens (tertiary/aromatic N) is 2. The molecule has 6 nitrogen and oxygen atoms in total. The molecule has 2 N–H and O–H groups in total. The molecule has 0 radical (unpaired) electrons. The third-order valence-corrected chi connectivity index (χ3v) is 5.25. The van der Waals surface area contributed by atoms with E-state index in [1.807, 2.05) is 48.7 Å². The maximum atomic E-state index is 12.1. The number of carbonyl (C=O) groups is 1. The van der Waals surface area contributed by atoms with E-state index in [2.05, 4.69) is 20.9 Å². The molecule has 140 valence electrons. The number of nitrogens with one attached hydrogen (secondary N) is 1. The molecule has 2 heterocycles. The van der Waals surface area contributed by atoms with Crippen molar-refractivity contribution in [2.24, 2.45) is 0 Å². The van der Waals surface area contributed by atoms with E-state index >= 15 is 0 Å². The lowest BCUT2D eigenvalue weighted by Gasteiger charge is -2.38. The van der Waals surface area contributed by atoms with Crippen molar-refractivity contribution in [2.45, 2.75) is 6.04 Å². The van der Waals surface area contributed by atoms with E-state index in [4.69, 9.17) is 4.74 Å². The lowest BCUT2D eigenvalue weighted by molar-refractivity contribution is -0.143. The maximum absolute atomic E-state index is 12.1. The van der Waals surface area contributed by atoms with Crippen LogP contribution in [0.1, 0.15) is 11.6 Å². The van der Waals surface area contributed by atoms with Crippen molar-refractivity contribution in [1.29, 1.82) is 0 Å². The van der Waals surface area contributed by atoms with Crippen molar-refractivity contribution in [2.75, 3.05) is 38.2 Å². The number of H-pyrrole nitrogens is 1. The van der Waals surface area contributed by atoms with Gasteiger partial charge in [0.2, 0.25) is 0 Å². The van der Waals surface area contributed by atoms with Gasteiger partial charge in [-0.1, -0.05) is 24.3 Å². The number of para-hydroxylation sites is 1.